The summed E-state index contributed by atoms with van der Waals surface area (Å²) in [7, 11) is 6.09. The van der Waals surface area contributed by atoms with Gasteiger partial charge in [-0.25, -0.2) is 4.79 Å². The van der Waals surface area contributed by atoms with Crippen molar-refractivity contribution in [2.45, 2.75) is 6.04 Å². The van der Waals surface area contributed by atoms with E-state index >= 15 is 0 Å². The fourth-order valence-electron chi connectivity index (χ4n) is 8.33. The van der Waals surface area contributed by atoms with Crippen LogP contribution in [0.1, 0.15) is 20.7 Å². The molecule has 15 heteroatoms. The Morgan fingerprint density at radius 3 is 1.58 bits per heavy atom. The Morgan fingerprint density at radius 1 is 0.585 bits per heavy atom. The maximum Gasteiger partial charge on any atom is 0.337 e. The van der Waals surface area contributed by atoms with Gasteiger partial charge in [-0.15, -0.1) is 0 Å². The van der Waals surface area contributed by atoms with Crippen LogP contribution in [0.2, 0.25) is 0 Å². The van der Waals surface area contributed by atoms with E-state index in [-0.39, 0.29) is 17.5 Å². The first-order chi connectivity index (χ1) is 31.6. The molecule has 11 rings (SSSR count). The van der Waals surface area contributed by atoms with Crippen LogP contribution in [0.15, 0.2) is 147 Å². The maximum absolute atomic E-state index is 13.0. The fourth-order valence-corrected chi connectivity index (χ4v) is 8.33. The molecular formula is C50H42N12O3. The average molecular weight is 859 g/mol. The number of nitrogens with one attached hydrogen (secondary N) is 3. The van der Waals surface area contributed by atoms with Crippen LogP contribution < -0.4 is 16.0 Å². The quantitative estimate of drug-likeness (QED) is 0.109. The lowest BCUT2D eigenvalue weighted by Gasteiger charge is -2.36. The number of benzene rings is 4. The second-order valence-corrected chi connectivity index (χ2v) is 16.1. The zero-order valence-corrected chi connectivity index (χ0v) is 35.6. The monoisotopic (exact) mass is 858 g/mol. The smallest absolute Gasteiger partial charge is 0.337 e. The molecule has 0 saturated carbocycles. The molecule has 0 bridgehead atoms. The summed E-state index contributed by atoms with van der Waals surface area (Å²) in [5.74, 6) is -1.13. The molecule has 4 aromatic carbocycles. The van der Waals surface area contributed by atoms with E-state index in [1.54, 1.807) is 43.2 Å². The van der Waals surface area contributed by atoms with Crippen molar-refractivity contribution in [2.75, 3.05) is 30.8 Å². The number of amides is 1. The fraction of sp³-hybridized carbons (Fsp3) is 0.120. The van der Waals surface area contributed by atoms with Gasteiger partial charge in [-0.05, 0) is 89.6 Å². The van der Waals surface area contributed by atoms with Gasteiger partial charge in [0.1, 0.15) is 0 Å². The highest BCUT2D eigenvalue weighted by Crippen LogP contribution is 2.35. The number of fused-ring (bicyclic) bond motifs is 4. The van der Waals surface area contributed by atoms with E-state index in [0.717, 1.165) is 74.0 Å². The predicted molar refractivity (Wildman–Crippen MR) is 254 cm³/mol. The van der Waals surface area contributed by atoms with Gasteiger partial charge in [-0.3, -0.25) is 34.7 Å². The van der Waals surface area contributed by atoms with Crippen LogP contribution in [0.4, 0.5) is 22.7 Å². The third kappa shape index (κ3) is 8.14. The standard InChI is InChI=1S/C27H25N7O.C23H17N5O2/c1-33-15-20(16-33)32-27(35)21-5-7-28-14-24(21)31-19-12-22(26-23(13-19)29-8-9-30-26)18-4-3-17-6-10-34(2)25(17)11-18;1-28-9-5-14-2-3-15(10-21(14)28)18-11-16(12-19-22(18)26-8-7-25-19)27-20-13-24-6-4-17(20)23(29)30/h3-14,20,31H,15-16H2,1-2H3,(H,32,35);2-13,27H,1H3,(H,29,30). The van der Waals surface area contributed by atoms with Crippen LogP contribution in [-0.2, 0) is 14.1 Å². The molecule has 7 heterocycles. The molecule has 1 aliphatic heterocycles. The number of aryl methyl sites for hydroxylation is 2. The molecule has 0 radical (unpaired) electrons. The highest BCUT2D eigenvalue weighted by Gasteiger charge is 2.26. The number of carbonyl (C=O) groups is 2. The number of aromatic nitrogens is 8. The van der Waals surface area contributed by atoms with Gasteiger partial charge < -0.3 is 35.1 Å². The Kier molecular flexibility index (Phi) is 10.6. The highest BCUT2D eigenvalue weighted by atomic mass is 16.4. The minimum absolute atomic E-state index is 0.108. The summed E-state index contributed by atoms with van der Waals surface area (Å²) < 4.78 is 4.18. The van der Waals surface area contributed by atoms with Gasteiger partial charge in [-0.1, -0.05) is 24.3 Å². The number of anilines is 4. The molecule has 10 aromatic rings. The van der Waals surface area contributed by atoms with Crippen LogP contribution in [0, 0.1) is 0 Å². The van der Waals surface area contributed by atoms with Crippen LogP contribution in [0.5, 0.6) is 0 Å². The van der Waals surface area contributed by atoms with Crippen LogP contribution in [0.3, 0.4) is 0 Å². The Hall–Kier alpha value is -8.56. The van der Waals surface area contributed by atoms with Gasteiger partial charge in [0.05, 0.1) is 63.0 Å². The largest absolute Gasteiger partial charge is 0.478 e. The average Bonchev–Trinajstić information content (AvgIpc) is 3.88. The Bertz CT molecular complexity index is 3450. The van der Waals surface area contributed by atoms with Gasteiger partial charge >= 0.3 is 5.97 Å². The first kappa shape index (κ1) is 40.5. The molecule has 65 heavy (non-hydrogen) atoms. The van der Waals surface area contributed by atoms with Gasteiger partial charge in [-0.2, -0.15) is 0 Å². The number of hydrogen-bond acceptors (Lipinski definition) is 11. The van der Waals surface area contributed by atoms with E-state index in [0.29, 0.717) is 28.1 Å². The van der Waals surface area contributed by atoms with Crippen LogP contribution in [0.25, 0.3) is 66.1 Å². The molecule has 320 valence electrons. The number of likely N-dealkylation sites (tertiary alicyclic amines) is 1. The molecule has 1 aliphatic rings. The molecule has 1 amide bonds. The van der Waals surface area contributed by atoms with Gasteiger partial charge in [0.25, 0.3) is 5.91 Å². The third-order valence-corrected chi connectivity index (χ3v) is 11.6. The number of carbonyl (C=O) groups excluding carboxylic acids is 1. The number of hydrogen-bond donors (Lipinski definition) is 4. The molecule has 1 fully saturated rings. The predicted octanol–water partition coefficient (Wildman–Crippen LogP) is 8.60. The lowest BCUT2D eigenvalue weighted by atomic mass is 10.0. The Balaban J connectivity index is 0.000000155. The van der Waals surface area contributed by atoms with E-state index in [9.17, 15) is 14.7 Å². The summed E-state index contributed by atoms with van der Waals surface area (Å²) in [6.07, 6.45) is 17.1. The number of likely N-dealkylation sites (N-methyl/N-ethyl adjacent to an activating group) is 1. The molecule has 0 aliphatic carbocycles. The second-order valence-electron chi connectivity index (χ2n) is 16.1. The zero-order chi connectivity index (χ0) is 44.6. The number of rotatable bonds is 9. The molecule has 4 N–H and O–H groups in total. The van der Waals surface area contributed by atoms with Crippen molar-refractivity contribution in [1.29, 1.82) is 0 Å². The van der Waals surface area contributed by atoms with Crippen molar-refractivity contribution in [3.05, 3.63) is 158 Å². The van der Waals surface area contributed by atoms with E-state index in [1.807, 2.05) is 45.5 Å². The van der Waals surface area contributed by atoms with E-state index in [1.165, 1.54) is 23.8 Å². The minimum atomic E-state index is -1.02. The van der Waals surface area contributed by atoms with Crippen molar-refractivity contribution in [3.63, 3.8) is 0 Å². The molecule has 6 aromatic heterocycles. The number of pyridine rings is 2. The summed E-state index contributed by atoms with van der Waals surface area (Å²) >= 11 is 0. The third-order valence-electron chi connectivity index (χ3n) is 11.6. The summed E-state index contributed by atoms with van der Waals surface area (Å²) in [5, 5.41) is 21.5. The molecule has 15 nitrogen and oxygen atoms in total. The van der Waals surface area contributed by atoms with Crippen LogP contribution in [-0.4, -0.2) is 87.1 Å². The van der Waals surface area contributed by atoms with Gasteiger partial charge in [0, 0.05) is 110 Å². The van der Waals surface area contributed by atoms with E-state index < -0.39 is 5.97 Å². The maximum atomic E-state index is 13.0. The van der Waals surface area contributed by atoms with Gasteiger partial charge in [0.15, 0.2) is 0 Å². The topological polar surface area (TPSA) is 181 Å². The summed E-state index contributed by atoms with van der Waals surface area (Å²) in [4.78, 5) is 53.2. The molecule has 1 saturated heterocycles. The molecular weight excluding hydrogens is 817 g/mol. The molecule has 0 unspecified atom stereocenters. The van der Waals surface area contributed by atoms with Crippen molar-refractivity contribution in [1.82, 2.24) is 49.3 Å². The minimum Gasteiger partial charge on any atom is -0.478 e. The summed E-state index contributed by atoms with van der Waals surface area (Å²) in [5.41, 5.74) is 12.6. The molecule has 0 atom stereocenters. The Morgan fingerprint density at radius 2 is 1.08 bits per heavy atom. The number of aromatic carboxylic acids is 1. The van der Waals surface area contributed by atoms with Gasteiger partial charge in [0.2, 0.25) is 0 Å². The highest BCUT2D eigenvalue weighted by molar-refractivity contribution is 6.02. The first-order valence-electron chi connectivity index (χ1n) is 20.9. The van der Waals surface area contributed by atoms with Crippen LogP contribution >= 0.6 is 0 Å². The van der Waals surface area contributed by atoms with Crippen molar-refractivity contribution in [3.8, 4) is 22.3 Å². The summed E-state index contributed by atoms with van der Waals surface area (Å²) in [6, 6.07) is 28.0. The summed E-state index contributed by atoms with van der Waals surface area (Å²) in [6.45, 7) is 1.72. The number of nitrogens with zero attached hydrogens (tertiary/aromatic N) is 9. The lowest BCUT2D eigenvalue weighted by molar-refractivity contribution is 0.0697. The SMILES string of the molecule is CN1CC(NC(=O)c2ccncc2Nc2cc(-c3ccc4ccn(C)c4c3)c3nccnc3c2)C1.Cn1ccc2ccc(-c3cc(Nc4cnccc4C(=O)O)cc4nccnc34)cc21. The van der Waals surface area contributed by atoms with E-state index in [2.05, 4.69) is 121 Å². The first-order valence-corrected chi connectivity index (χ1v) is 20.9. The zero-order valence-electron chi connectivity index (χ0n) is 35.6. The van der Waals surface area contributed by atoms with Crippen molar-refractivity contribution >= 4 is 78.5 Å². The lowest BCUT2D eigenvalue weighted by Crippen LogP contribution is -2.57. The van der Waals surface area contributed by atoms with E-state index in [4.69, 9.17) is 0 Å². The normalized spacial score (nSPS) is 12.8. The number of carboxylic acid groups (broad SMARTS) is 1. The number of carboxylic acids is 1. The Labute approximate surface area is 372 Å². The van der Waals surface area contributed by atoms with Crippen molar-refractivity contribution < 1.29 is 14.7 Å². The second kappa shape index (κ2) is 17.0. The van der Waals surface area contributed by atoms with Crippen molar-refractivity contribution in [2.24, 2.45) is 14.1 Å². The molecule has 0 spiro atoms.